The Morgan fingerprint density at radius 2 is 2.19 bits per heavy atom. The lowest BCUT2D eigenvalue weighted by molar-refractivity contribution is 0.0897. The molecule has 16 heavy (non-hydrogen) atoms. The van der Waals surface area contributed by atoms with E-state index in [1.807, 2.05) is 32.0 Å². The lowest BCUT2D eigenvalue weighted by Gasteiger charge is -2.19. The number of carbonyl (C=O) groups excluding carboxylic acids is 1. The highest BCUT2D eigenvalue weighted by Crippen LogP contribution is 2.09. The van der Waals surface area contributed by atoms with Gasteiger partial charge in [-0.1, -0.05) is 19.9 Å². The first-order chi connectivity index (χ1) is 7.54. The fourth-order valence-corrected chi connectivity index (χ4v) is 1.85. The first kappa shape index (κ1) is 13.4. The molecule has 1 atom stereocenters. The zero-order valence-corrected chi connectivity index (χ0v) is 11.6. The van der Waals surface area contributed by atoms with Crippen LogP contribution in [0, 0.1) is 9.49 Å². The minimum Gasteiger partial charge on any atom is -0.394 e. The van der Waals surface area contributed by atoms with Crippen LogP contribution < -0.4 is 5.32 Å². The van der Waals surface area contributed by atoms with Gasteiger partial charge in [-0.15, -0.1) is 0 Å². The fraction of sp³-hybridized carbons (Fsp3) is 0.417. The number of rotatable bonds is 4. The number of nitrogens with one attached hydrogen (secondary N) is 1. The third kappa shape index (κ3) is 3.75. The minimum absolute atomic E-state index is 0.0344. The van der Waals surface area contributed by atoms with Gasteiger partial charge in [0.2, 0.25) is 0 Å². The van der Waals surface area contributed by atoms with Crippen LogP contribution in [0.4, 0.5) is 0 Å². The summed E-state index contributed by atoms with van der Waals surface area (Å²) in [5.74, 6) is 0.0861. The summed E-state index contributed by atoms with van der Waals surface area (Å²) < 4.78 is 1.02. The van der Waals surface area contributed by atoms with Gasteiger partial charge in [0.15, 0.2) is 0 Å². The second-order valence-electron chi connectivity index (χ2n) is 4.02. The lowest BCUT2D eigenvalue weighted by atomic mass is 10.0. The molecule has 1 aromatic carbocycles. The molecule has 0 radical (unpaired) electrons. The molecule has 0 saturated heterocycles. The molecule has 1 aromatic rings. The zero-order chi connectivity index (χ0) is 12.1. The zero-order valence-electron chi connectivity index (χ0n) is 9.40. The summed E-state index contributed by atoms with van der Waals surface area (Å²) >= 11 is 2.17. The van der Waals surface area contributed by atoms with E-state index in [-0.39, 0.29) is 24.5 Å². The highest BCUT2D eigenvalue weighted by molar-refractivity contribution is 14.1. The van der Waals surface area contributed by atoms with Crippen molar-refractivity contribution in [2.75, 3.05) is 6.61 Å². The third-order valence-corrected chi connectivity index (χ3v) is 3.08. The SMILES string of the molecule is CC(C)[C@@H](CO)NC(=O)c1cccc(I)c1. The third-order valence-electron chi connectivity index (χ3n) is 2.40. The van der Waals surface area contributed by atoms with Gasteiger partial charge >= 0.3 is 0 Å². The predicted octanol–water partition coefficient (Wildman–Crippen LogP) is 2.04. The molecule has 0 aliphatic heterocycles. The van der Waals surface area contributed by atoms with E-state index in [4.69, 9.17) is 5.11 Å². The molecule has 1 amide bonds. The Hall–Kier alpha value is -0.620. The Morgan fingerprint density at radius 3 is 2.69 bits per heavy atom. The second kappa shape index (κ2) is 6.20. The van der Waals surface area contributed by atoms with Crippen molar-refractivity contribution in [3.63, 3.8) is 0 Å². The van der Waals surface area contributed by atoms with Crippen LogP contribution in [-0.4, -0.2) is 23.7 Å². The molecular formula is C12H16INO2. The molecule has 0 aromatic heterocycles. The van der Waals surface area contributed by atoms with Crippen LogP contribution in [0.3, 0.4) is 0 Å². The Morgan fingerprint density at radius 1 is 1.50 bits per heavy atom. The van der Waals surface area contributed by atoms with Gasteiger partial charge in [-0.3, -0.25) is 4.79 Å². The number of hydrogen-bond acceptors (Lipinski definition) is 2. The van der Waals surface area contributed by atoms with Gasteiger partial charge in [-0.25, -0.2) is 0 Å². The standard InChI is InChI=1S/C12H16INO2/c1-8(2)11(7-15)14-12(16)9-4-3-5-10(13)6-9/h3-6,8,11,15H,7H2,1-2H3,(H,14,16)/t11-/m1/s1. The Labute approximate surface area is 109 Å². The number of carbonyl (C=O) groups is 1. The van der Waals surface area contributed by atoms with Crippen LogP contribution in [0.5, 0.6) is 0 Å². The minimum atomic E-state index is -0.189. The van der Waals surface area contributed by atoms with E-state index in [0.29, 0.717) is 5.56 Å². The summed E-state index contributed by atoms with van der Waals surface area (Å²) in [6, 6.07) is 7.19. The summed E-state index contributed by atoms with van der Waals surface area (Å²) in [6.07, 6.45) is 0. The average molecular weight is 333 g/mol. The van der Waals surface area contributed by atoms with E-state index in [0.717, 1.165) is 3.57 Å². The van der Waals surface area contributed by atoms with Crippen molar-refractivity contribution in [3.05, 3.63) is 33.4 Å². The molecule has 0 unspecified atom stereocenters. The topological polar surface area (TPSA) is 49.3 Å². The summed E-state index contributed by atoms with van der Waals surface area (Å²) in [7, 11) is 0. The van der Waals surface area contributed by atoms with E-state index in [9.17, 15) is 4.79 Å². The van der Waals surface area contributed by atoms with E-state index < -0.39 is 0 Å². The lowest BCUT2D eigenvalue weighted by Crippen LogP contribution is -2.41. The van der Waals surface area contributed by atoms with Gasteiger partial charge < -0.3 is 10.4 Å². The van der Waals surface area contributed by atoms with Crippen molar-refractivity contribution < 1.29 is 9.90 Å². The molecule has 4 heteroatoms. The van der Waals surface area contributed by atoms with Crippen molar-refractivity contribution >= 4 is 28.5 Å². The quantitative estimate of drug-likeness (QED) is 0.829. The van der Waals surface area contributed by atoms with Crippen molar-refractivity contribution in [2.45, 2.75) is 19.9 Å². The van der Waals surface area contributed by atoms with Crippen LogP contribution in [0.25, 0.3) is 0 Å². The van der Waals surface area contributed by atoms with Crippen molar-refractivity contribution in [3.8, 4) is 0 Å². The van der Waals surface area contributed by atoms with E-state index >= 15 is 0 Å². The van der Waals surface area contributed by atoms with Gasteiger partial charge in [0, 0.05) is 9.13 Å². The number of aliphatic hydroxyl groups is 1. The first-order valence-electron chi connectivity index (χ1n) is 5.22. The Balaban J connectivity index is 2.72. The molecule has 0 aliphatic rings. The fourth-order valence-electron chi connectivity index (χ4n) is 1.30. The molecule has 88 valence electrons. The van der Waals surface area contributed by atoms with Gasteiger partial charge in [-0.2, -0.15) is 0 Å². The molecule has 3 nitrogen and oxygen atoms in total. The average Bonchev–Trinajstić information content (AvgIpc) is 2.25. The van der Waals surface area contributed by atoms with E-state index in [1.165, 1.54) is 0 Å². The summed E-state index contributed by atoms with van der Waals surface area (Å²) in [5, 5.41) is 11.9. The molecule has 0 fully saturated rings. The van der Waals surface area contributed by atoms with Crippen LogP contribution in [-0.2, 0) is 0 Å². The van der Waals surface area contributed by atoms with Crippen LogP contribution in [0.15, 0.2) is 24.3 Å². The van der Waals surface area contributed by atoms with Gasteiger partial charge in [0.05, 0.1) is 12.6 Å². The number of halogens is 1. The monoisotopic (exact) mass is 333 g/mol. The normalized spacial score (nSPS) is 12.6. The summed E-state index contributed by atoms with van der Waals surface area (Å²) in [5.41, 5.74) is 0.631. The first-order valence-corrected chi connectivity index (χ1v) is 6.29. The highest BCUT2D eigenvalue weighted by Gasteiger charge is 2.15. The highest BCUT2D eigenvalue weighted by atomic mass is 127. The smallest absolute Gasteiger partial charge is 0.251 e. The van der Waals surface area contributed by atoms with E-state index in [2.05, 4.69) is 27.9 Å². The van der Waals surface area contributed by atoms with Gasteiger partial charge in [0.25, 0.3) is 5.91 Å². The molecule has 0 bridgehead atoms. The van der Waals surface area contributed by atoms with Crippen LogP contribution in [0.1, 0.15) is 24.2 Å². The maximum Gasteiger partial charge on any atom is 0.251 e. The van der Waals surface area contributed by atoms with Gasteiger partial charge in [-0.05, 0) is 46.7 Å². The Bertz CT molecular complexity index is 366. The molecule has 0 aliphatic carbocycles. The van der Waals surface area contributed by atoms with Crippen LogP contribution in [0.2, 0.25) is 0 Å². The maximum absolute atomic E-state index is 11.8. The summed E-state index contributed by atoms with van der Waals surface area (Å²) in [4.78, 5) is 11.8. The van der Waals surface area contributed by atoms with E-state index in [1.54, 1.807) is 6.07 Å². The molecule has 1 rings (SSSR count). The molecule has 0 heterocycles. The maximum atomic E-state index is 11.8. The molecular weight excluding hydrogens is 317 g/mol. The van der Waals surface area contributed by atoms with Crippen molar-refractivity contribution in [1.82, 2.24) is 5.32 Å². The van der Waals surface area contributed by atoms with Crippen LogP contribution >= 0.6 is 22.6 Å². The predicted molar refractivity (Wildman–Crippen MR) is 72.3 cm³/mol. The number of amides is 1. The van der Waals surface area contributed by atoms with Crippen molar-refractivity contribution in [2.24, 2.45) is 5.92 Å². The van der Waals surface area contributed by atoms with Crippen molar-refractivity contribution in [1.29, 1.82) is 0 Å². The number of hydrogen-bond donors (Lipinski definition) is 2. The summed E-state index contributed by atoms with van der Waals surface area (Å²) in [6.45, 7) is 3.90. The molecule has 2 N–H and O–H groups in total. The molecule has 0 saturated carbocycles. The number of benzene rings is 1. The second-order valence-corrected chi connectivity index (χ2v) is 5.26. The number of aliphatic hydroxyl groups excluding tert-OH is 1. The Kier molecular flexibility index (Phi) is 5.21. The molecule has 0 spiro atoms. The van der Waals surface area contributed by atoms with Gasteiger partial charge in [0.1, 0.15) is 0 Å². The largest absolute Gasteiger partial charge is 0.394 e.